The van der Waals surface area contributed by atoms with Gasteiger partial charge in [-0.3, -0.25) is 0 Å². The number of halogens is 1. The van der Waals surface area contributed by atoms with Crippen LogP contribution < -0.4 is 10.1 Å². The van der Waals surface area contributed by atoms with E-state index >= 15 is 0 Å². The lowest BCUT2D eigenvalue weighted by molar-refractivity contribution is 0.242. The molecule has 0 atom stereocenters. The fraction of sp³-hybridized carbons (Fsp3) is 0.250. The van der Waals surface area contributed by atoms with Crippen LogP contribution in [0, 0.1) is 5.82 Å². The van der Waals surface area contributed by atoms with E-state index in [2.05, 4.69) is 5.32 Å². The number of nitrogens with one attached hydrogen (secondary N) is 1. The molecular formula is C16H18FNO. The van der Waals surface area contributed by atoms with Gasteiger partial charge in [0, 0.05) is 12.2 Å². The molecule has 2 aromatic carbocycles. The number of hydrogen-bond acceptors (Lipinski definition) is 2. The van der Waals surface area contributed by atoms with Crippen molar-refractivity contribution in [2.45, 2.75) is 26.5 Å². The Kier molecular flexibility index (Phi) is 4.39. The van der Waals surface area contributed by atoms with E-state index in [1.807, 2.05) is 38.1 Å². The molecule has 1 N–H and O–H groups in total. The Bertz CT molecular complexity index is 523. The number of ether oxygens (including phenoxy) is 1. The zero-order valence-electron chi connectivity index (χ0n) is 11.2. The van der Waals surface area contributed by atoms with Gasteiger partial charge in [0.2, 0.25) is 0 Å². The molecule has 0 aromatic heterocycles. The van der Waals surface area contributed by atoms with E-state index in [4.69, 9.17) is 4.74 Å². The van der Waals surface area contributed by atoms with Crippen LogP contribution in [-0.2, 0) is 6.54 Å². The summed E-state index contributed by atoms with van der Waals surface area (Å²) in [6, 6.07) is 14.3. The van der Waals surface area contributed by atoms with Crippen molar-refractivity contribution in [1.29, 1.82) is 0 Å². The Labute approximate surface area is 113 Å². The molecule has 0 bridgehead atoms. The Morgan fingerprint density at radius 2 is 1.84 bits per heavy atom. The third-order valence-electron chi connectivity index (χ3n) is 2.61. The molecule has 19 heavy (non-hydrogen) atoms. The van der Waals surface area contributed by atoms with Crippen molar-refractivity contribution in [3.05, 3.63) is 59.9 Å². The smallest absolute Gasteiger partial charge is 0.123 e. The summed E-state index contributed by atoms with van der Waals surface area (Å²) in [4.78, 5) is 0. The van der Waals surface area contributed by atoms with Crippen molar-refractivity contribution in [3.63, 3.8) is 0 Å². The number of anilines is 1. The van der Waals surface area contributed by atoms with E-state index in [0.717, 1.165) is 17.0 Å². The predicted octanol–water partition coefficient (Wildman–Crippen LogP) is 4.23. The van der Waals surface area contributed by atoms with Crippen molar-refractivity contribution in [2.75, 3.05) is 5.32 Å². The molecule has 0 spiro atoms. The number of hydrogen-bond donors (Lipinski definition) is 1. The Morgan fingerprint density at radius 1 is 1.11 bits per heavy atom. The van der Waals surface area contributed by atoms with Crippen LogP contribution in [0.15, 0.2) is 48.5 Å². The summed E-state index contributed by atoms with van der Waals surface area (Å²) in [5.74, 6) is 0.645. The van der Waals surface area contributed by atoms with Gasteiger partial charge in [0.25, 0.3) is 0 Å². The van der Waals surface area contributed by atoms with E-state index in [9.17, 15) is 4.39 Å². The lowest BCUT2D eigenvalue weighted by Gasteiger charge is -2.11. The van der Waals surface area contributed by atoms with Crippen LogP contribution in [0.25, 0.3) is 0 Å². The van der Waals surface area contributed by atoms with Crippen LogP contribution in [-0.4, -0.2) is 6.10 Å². The monoisotopic (exact) mass is 259 g/mol. The van der Waals surface area contributed by atoms with E-state index in [0.29, 0.717) is 6.54 Å². The summed E-state index contributed by atoms with van der Waals surface area (Å²) in [6.07, 6.45) is 0.167. The first-order chi connectivity index (χ1) is 9.13. The van der Waals surface area contributed by atoms with Crippen molar-refractivity contribution in [2.24, 2.45) is 0 Å². The molecule has 0 saturated carbocycles. The van der Waals surface area contributed by atoms with Gasteiger partial charge in [-0.1, -0.05) is 12.1 Å². The molecule has 0 fully saturated rings. The molecule has 2 nitrogen and oxygen atoms in total. The summed E-state index contributed by atoms with van der Waals surface area (Å²) in [5.41, 5.74) is 2.03. The summed E-state index contributed by atoms with van der Waals surface area (Å²) < 4.78 is 18.4. The minimum Gasteiger partial charge on any atom is -0.491 e. The van der Waals surface area contributed by atoms with Crippen molar-refractivity contribution in [3.8, 4) is 5.75 Å². The first-order valence-electron chi connectivity index (χ1n) is 6.38. The second-order valence-electron chi connectivity index (χ2n) is 4.67. The molecular weight excluding hydrogens is 241 g/mol. The summed E-state index contributed by atoms with van der Waals surface area (Å²) in [5, 5.41) is 3.25. The van der Waals surface area contributed by atoms with Gasteiger partial charge >= 0.3 is 0 Å². The highest BCUT2D eigenvalue weighted by Crippen LogP contribution is 2.16. The van der Waals surface area contributed by atoms with E-state index in [-0.39, 0.29) is 11.9 Å². The number of rotatable bonds is 5. The van der Waals surface area contributed by atoms with Crippen molar-refractivity contribution in [1.82, 2.24) is 0 Å². The normalized spacial score (nSPS) is 10.5. The van der Waals surface area contributed by atoms with Crippen molar-refractivity contribution < 1.29 is 9.13 Å². The van der Waals surface area contributed by atoms with Crippen LogP contribution in [0.3, 0.4) is 0 Å². The first-order valence-corrected chi connectivity index (χ1v) is 6.38. The molecule has 0 saturated heterocycles. The maximum Gasteiger partial charge on any atom is 0.123 e. The highest BCUT2D eigenvalue weighted by Gasteiger charge is 2.00. The summed E-state index contributed by atoms with van der Waals surface area (Å²) in [7, 11) is 0. The average molecular weight is 259 g/mol. The molecule has 100 valence electrons. The zero-order valence-corrected chi connectivity index (χ0v) is 11.2. The predicted molar refractivity (Wildman–Crippen MR) is 75.9 cm³/mol. The van der Waals surface area contributed by atoms with Gasteiger partial charge in [0.15, 0.2) is 0 Å². The topological polar surface area (TPSA) is 21.3 Å². The third kappa shape index (κ3) is 4.28. The van der Waals surface area contributed by atoms with E-state index in [1.54, 1.807) is 12.1 Å². The quantitative estimate of drug-likeness (QED) is 0.867. The molecule has 2 rings (SSSR count). The Morgan fingerprint density at radius 3 is 2.53 bits per heavy atom. The molecule has 3 heteroatoms. The van der Waals surface area contributed by atoms with Gasteiger partial charge in [-0.2, -0.15) is 0 Å². The molecule has 0 aliphatic carbocycles. The summed E-state index contributed by atoms with van der Waals surface area (Å²) in [6.45, 7) is 4.69. The van der Waals surface area contributed by atoms with Crippen LogP contribution in [0.1, 0.15) is 19.4 Å². The maximum atomic E-state index is 12.8. The van der Waals surface area contributed by atoms with Gasteiger partial charge < -0.3 is 10.1 Å². The molecule has 0 aliphatic rings. The van der Waals surface area contributed by atoms with Crippen LogP contribution >= 0.6 is 0 Å². The second-order valence-corrected chi connectivity index (χ2v) is 4.67. The van der Waals surface area contributed by atoms with Gasteiger partial charge in [0.1, 0.15) is 11.6 Å². The second kappa shape index (κ2) is 6.23. The van der Waals surface area contributed by atoms with Gasteiger partial charge in [-0.05, 0) is 55.8 Å². The first kappa shape index (κ1) is 13.4. The van der Waals surface area contributed by atoms with E-state index in [1.165, 1.54) is 12.1 Å². The highest BCUT2D eigenvalue weighted by atomic mass is 19.1. The molecule has 0 radical (unpaired) electrons. The highest BCUT2D eigenvalue weighted by molar-refractivity contribution is 5.44. The Balaban J connectivity index is 1.97. The lowest BCUT2D eigenvalue weighted by atomic mass is 10.2. The van der Waals surface area contributed by atoms with E-state index < -0.39 is 0 Å². The summed E-state index contributed by atoms with van der Waals surface area (Å²) >= 11 is 0. The Hall–Kier alpha value is -2.03. The molecule has 0 heterocycles. The van der Waals surface area contributed by atoms with Gasteiger partial charge in [-0.25, -0.2) is 4.39 Å². The molecule has 0 amide bonds. The molecule has 0 unspecified atom stereocenters. The lowest BCUT2D eigenvalue weighted by Crippen LogP contribution is -2.06. The van der Waals surface area contributed by atoms with Crippen LogP contribution in [0.5, 0.6) is 5.75 Å². The minimum atomic E-state index is -0.224. The molecule has 0 aliphatic heterocycles. The standard InChI is InChI=1S/C16H18FNO/c1-12(2)19-16-5-3-4-13(10-16)11-18-15-8-6-14(17)7-9-15/h3-10,12,18H,11H2,1-2H3. The third-order valence-corrected chi connectivity index (χ3v) is 2.61. The number of benzene rings is 2. The van der Waals surface area contributed by atoms with Crippen molar-refractivity contribution >= 4 is 5.69 Å². The SMILES string of the molecule is CC(C)Oc1cccc(CNc2ccc(F)cc2)c1. The van der Waals surface area contributed by atoms with Crippen LogP contribution in [0.2, 0.25) is 0 Å². The molecule has 2 aromatic rings. The average Bonchev–Trinajstić information content (AvgIpc) is 2.38. The zero-order chi connectivity index (χ0) is 13.7. The largest absolute Gasteiger partial charge is 0.491 e. The fourth-order valence-electron chi connectivity index (χ4n) is 1.77. The van der Waals surface area contributed by atoms with Crippen LogP contribution in [0.4, 0.5) is 10.1 Å². The maximum absolute atomic E-state index is 12.8. The minimum absolute atomic E-state index is 0.167. The van der Waals surface area contributed by atoms with Gasteiger partial charge in [-0.15, -0.1) is 0 Å². The van der Waals surface area contributed by atoms with Gasteiger partial charge in [0.05, 0.1) is 6.10 Å². The fourth-order valence-corrected chi connectivity index (χ4v) is 1.77.